The summed E-state index contributed by atoms with van der Waals surface area (Å²) in [6.45, 7) is 8.55. The lowest BCUT2D eigenvalue weighted by Crippen LogP contribution is -2.34. The number of hydrogen-bond acceptors (Lipinski definition) is 2. The molecule has 2 aromatic rings. The molecule has 1 aromatic carbocycles. The van der Waals surface area contributed by atoms with Gasteiger partial charge in [-0.05, 0) is 31.0 Å². The van der Waals surface area contributed by atoms with Crippen LogP contribution in [0.1, 0.15) is 26.6 Å². The van der Waals surface area contributed by atoms with Crippen LogP contribution in [0.15, 0.2) is 27.7 Å². The summed E-state index contributed by atoms with van der Waals surface area (Å²) in [5.74, 6) is 1.94. The standard InChI is InChI=1S/C15H22BrN5/c1-4-21-13-6-5-11(16)7-12(13)20-14(21)9-19-15(17)18-8-10(2)3/h5-7,10H,4,8-9H2,1-3H3,(H3,17,18,19). The number of guanidine groups is 1. The van der Waals surface area contributed by atoms with Crippen LogP contribution in [-0.2, 0) is 13.1 Å². The Balaban J connectivity index is 2.20. The average molecular weight is 352 g/mol. The van der Waals surface area contributed by atoms with E-state index in [2.05, 4.69) is 62.6 Å². The first-order valence-electron chi connectivity index (χ1n) is 7.19. The molecule has 1 aromatic heterocycles. The van der Waals surface area contributed by atoms with Crippen molar-refractivity contribution in [2.45, 2.75) is 33.9 Å². The number of hydrogen-bond donors (Lipinski definition) is 2. The Labute approximate surface area is 133 Å². The first-order chi connectivity index (χ1) is 10.0. The molecule has 0 aliphatic carbocycles. The Hall–Kier alpha value is -1.56. The Kier molecular flexibility index (Phi) is 5.22. The minimum absolute atomic E-state index is 0.472. The van der Waals surface area contributed by atoms with Crippen LogP contribution in [0.2, 0.25) is 0 Å². The highest BCUT2D eigenvalue weighted by molar-refractivity contribution is 9.10. The number of nitrogens with two attached hydrogens (primary N) is 1. The van der Waals surface area contributed by atoms with Crippen molar-refractivity contribution in [3.63, 3.8) is 0 Å². The Morgan fingerprint density at radius 2 is 2.24 bits per heavy atom. The van der Waals surface area contributed by atoms with Gasteiger partial charge in [0.2, 0.25) is 0 Å². The third-order valence-electron chi connectivity index (χ3n) is 3.19. The molecule has 0 saturated heterocycles. The molecule has 1 heterocycles. The van der Waals surface area contributed by atoms with E-state index in [1.807, 2.05) is 12.1 Å². The fourth-order valence-corrected chi connectivity index (χ4v) is 2.50. The molecule has 21 heavy (non-hydrogen) atoms. The van der Waals surface area contributed by atoms with E-state index in [1.165, 1.54) is 0 Å². The third-order valence-corrected chi connectivity index (χ3v) is 3.68. The van der Waals surface area contributed by atoms with E-state index >= 15 is 0 Å². The Morgan fingerprint density at radius 3 is 2.90 bits per heavy atom. The molecule has 0 amide bonds. The fraction of sp³-hybridized carbons (Fsp3) is 0.467. The number of halogens is 1. The number of rotatable bonds is 5. The van der Waals surface area contributed by atoms with E-state index in [0.29, 0.717) is 18.4 Å². The summed E-state index contributed by atoms with van der Waals surface area (Å²) in [6, 6.07) is 6.13. The molecule has 3 N–H and O–H groups in total. The summed E-state index contributed by atoms with van der Waals surface area (Å²) < 4.78 is 3.20. The highest BCUT2D eigenvalue weighted by atomic mass is 79.9. The molecule has 5 nitrogen and oxygen atoms in total. The molecule has 2 rings (SSSR count). The molecular weight excluding hydrogens is 330 g/mol. The van der Waals surface area contributed by atoms with Gasteiger partial charge >= 0.3 is 0 Å². The largest absolute Gasteiger partial charge is 0.370 e. The van der Waals surface area contributed by atoms with Crippen LogP contribution in [0.3, 0.4) is 0 Å². The third kappa shape index (κ3) is 3.97. The van der Waals surface area contributed by atoms with Gasteiger partial charge in [0.1, 0.15) is 12.4 Å². The van der Waals surface area contributed by atoms with E-state index in [0.717, 1.165) is 34.4 Å². The van der Waals surface area contributed by atoms with Crippen molar-refractivity contribution >= 4 is 32.9 Å². The van der Waals surface area contributed by atoms with Gasteiger partial charge in [-0.3, -0.25) is 0 Å². The van der Waals surface area contributed by atoms with Gasteiger partial charge in [0.15, 0.2) is 5.96 Å². The molecular formula is C15H22BrN5. The maximum absolute atomic E-state index is 5.87. The highest BCUT2D eigenvalue weighted by Crippen LogP contribution is 2.21. The lowest BCUT2D eigenvalue weighted by Gasteiger charge is -2.08. The number of nitrogens with one attached hydrogen (secondary N) is 1. The molecule has 0 aliphatic rings. The number of aryl methyl sites for hydroxylation is 1. The van der Waals surface area contributed by atoms with Crippen molar-refractivity contribution in [3.05, 3.63) is 28.5 Å². The zero-order valence-corrected chi connectivity index (χ0v) is 14.3. The summed E-state index contributed by atoms with van der Waals surface area (Å²) in [5.41, 5.74) is 7.98. The highest BCUT2D eigenvalue weighted by Gasteiger charge is 2.09. The van der Waals surface area contributed by atoms with Crippen LogP contribution in [0.25, 0.3) is 11.0 Å². The van der Waals surface area contributed by atoms with Crippen LogP contribution in [-0.4, -0.2) is 22.1 Å². The normalized spacial score (nSPS) is 12.3. The van der Waals surface area contributed by atoms with Crippen LogP contribution in [0.5, 0.6) is 0 Å². The Morgan fingerprint density at radius 1 is 1.48 bits per heavy atom. The van der Waals surface area contributed by atoms with Gasteiger partial charge in [0.05, 0.1) is 11.0 Å². The quantitative estimate of drug-likeness (QED) is 0.642. The van der Waals surface area contributed by atoms with Crippen molar-refractivity contribution < 1.29 is 0 Å². The van der Waals surface area contributed by atoms with Crippen LogP contribution in [0.4, 0.5) is 0 Å². The van der Waals surface area contributed by atoms with Crippen LogP contribution < -0.4 is 11.1 Å². The van der Waals surface area contributed by atoms with E-state index in [9.17, 15) is 0 Å². The lowest BCUT2D eigenvalue weighted by molar-refractivity contribution is 0.621. The van der Waals surface area contributed by atoms with Gasteiger partial charge in [0, 0.05) is 17.6 Å². The maximum atomic E-state index is 5.87. The number of aromatic nitrogens is 2. The van der Waals surface area contributed by atoms with Crippen molar-refractivity contribution in [1.82, 2.24) is 14.9 Å². The number of aliphatic imine (C=N–C) groups is 1. The number of nitrogens with zero attached hydrogens (tertiary/aromatic N) is 3. The van der Waals surface area contributed by atoms with Gasteiger partial charge < -0.3 is 15.6 Å². The van der Waals surface area contributed by atoms with E-state index < -0.39 is 0 Å². The fourth-order valence-electron chi connectivity index (χ4n) is 2.15. The predicted molar refractivity (Wildman–Crippen MR) is 91.3 cm³/mol. The smallest absolute Gasteiger partial charge is 0.189 e. The predicted octanol–water partition coefficient (Wildman–Crippen LogP) is 2.88. The van der Waals surface area contributed by atoms with Crippen LogP contribution in [0, 0.1) is 5.92 Å². The summed E-state index contributed by atoms with van der Waals surface area (Å²) >= 11 is 3.48. The van der Waals surface area contributed by atoms with E-state index in [1.54, 1.807) is 0 Å². The molecule has 0 atom stereocenters. The molecule has 0 bridgehead atoms. The van der Waals surface area contributed by atoms with E-state index in [-0.39, 0.29) is 0 Å². The minimum Gasteiger partial charge on any atom is -0.370 e. The van der Waals surface area contributed by atoms with Gasteiger partial charge in [0.25, 0.3) is 0 Å². The zero-order chi connectivity index (χ0) is 15.4. The first-order valence-corrected chi connectivity index (χ1v) is 7.99. The van der Waals surface area contributed by atoms with E-state index in [4.69, 9.17) is 5.73 Å². The second-order valence-electron chi connectivity index (χ2n) is 5.38. The molecule has 114 valence electrons. The van der Waals surface area contributed by atoms with Crippen LogP contribution >= 0.6 is 15.9 Å². The summed E-state index contributed by atoms with van der Waals surface area (Å²) in [5, 5.41) is 3.12. The van der Waals surface area contributed by atoms with Gasteiger partial charge in [-0.2, -0.15) is 0 Å². The summed E-state index contributed by atoms with van der Waals surface area (Å²) in [4.78, 5) is 9.04. The monoisotopic (exact) mass is 351 g/mol. The Bertz CT molecular complexity index is 645. The van der Waals surface area contributed by atoms with Gasteiger partial charge in [-0.15, -0.1) is 0 Å². The molecule has 6 heteroatoms. The van der Waals surface area contributed by atoms with Crippen molar-refractivity contribution in [2.75, 3.05) is 6.54 Å². The number of fused-ring (bicyclic) bond motifs is 1. The minimum atomic E-state index is 0.472. The topological polar surface area (TPSA) is 68.2 Å². The first kappa shape index (κ1) is 15.8. The van der Waals surface area contributed by atoms with Gasteiger partial charge in [-0.1, -0.05) is 29.8 Å². The summed E-state index contributed by atoms with van der Waals surface area (Å²) in [6.07, 6.45) is 0. The number of imidazole rings is 1. The van der Waals surface area contributed by atoms with Crippen molar-refractivity contribution in [1.29, 1.82) is 0 Å². The molecule has 0 fully saturated rings. The molecule has 0 radical (unpaired) electrons. The van der Waals surface area contributed by atoms with Crippen molar-refractivity contribution in [3.8, 4) is 0 Å². The SMILES string of the molecule is CCn1c(CN=C(N)NCC(C)C)nc2cc(Br)ccc21. The van der Waals surface area contributed by atoms with Crippen molar-refractivity contribution in [2.24, 2.45) is 16.6 Å². The molecule has 0 unspecified atom stereocenters. The molecule has 0 aliphatic heterocycles. The average Bonchev–Trinajstić information content (AvgIpc) is 2.79. The number of benzene rings is 1. The lowest BCUT2D eigenvalue weighted by atomic mass is 10.2. The maximum Gasteiger partial charge on any atom is 0.189 e. The summed E-state index contributed by atoms with van der Waals surface area (Å²) in [7, 11) is 0. The molecule has 0 saturated carbocycles. The zero-order valence-electron chi connectivity index (χ0n) is 12.7. The second-order valence-corrected chi connectivity index (χ2v) is 6.30. The molecule has 0 spiro atoms. The van der Waals surface area contributed by atoms with Gasteiger partial charge in [-0.25, -0.2) is 9.98 Å². The second kappa shape index (κ2) is 6.93.